The van der Waals surface area contributed by atoms with Crippen molar-refractivity contribution < 1.29 is 14.4 Å². The summed E-state index contributed by atoms with van der Waals surface area (Å²) >= 11 is 0. The average Bonchev–Trinajstić information content (AvgIpc) is 2.85. The molecule has 2 aliphatic rings. The van der Waals surface area contributed by atoms with Gasteiger partial charge in [-0.1, -0.05) is 11.2 Å². The average molecular weight is 274 g/mol. The Bertz CT molecular complexity index is 587. The number of hydrogen-bond donors (Lipinski definition) is 1. The molecule has 0 saturated heterocycles. The van der Waals surface area contributed by atoms with Gasteiger partial charge in [0.2, 0.25) is 0 Å². The van der Waals surface area contributed by atoms with Gasteiger partial charge in [-0.2, -0.15) is 0 Å². The van der Waals surface area contributed by atoms with E-state index in [1.807, 2.05) is 39.0 Å². The number of benzene rings is 1. The lowest BCUT2D eigenvalue weighted by Gasteiger charge is -2.19. The van der Waals surface area contributed by atoms with Crippen LogP contribution < -0.4 is 5.32 Å². The zero-order valence-electron chi connectivity index (χ0n) is 11.9. The first kappa shape index (κ1) is 13.0. The van der Waals surface area contributed by atoms with Crippen molar-refractivity contribution in [2.75, 3.05) is 11.9 Å². The zero-order valence-corrected chi connectivity index (χ0v) is 11.9. The van der Waals surface area contributed by atoms with Crippen LogP contribution in [0, 0.1) is 5.92 Å². The highest BCUT2D eigenvalue weighted by Gasteiger charge is 2.33. The van der Waals surface area contributed by atoms with E-state index in [-0.39, 0.29) is 0 Å². The van der Waals surface area contributed by atoms with Gasteiger partial charge in [-0.25, -0.2) is 4.79 Å². The fraction of sp³-hybridized carbons (Fsp3) is 0.467. The molecule has 1 aliphatic heterocycles. The van der Waals surface area contributed by atoms with Crippen molar-refractivity contribution in [3.05, 3.63) is 29.3 Å². The van der Waals surface area contributed by atoms with Gasteiger partial charge in [0.05, 0.1) is 5.71 Å². The van der Waals surface area contributed by atoms with Crippen molar-refractivity contribution >= 4 is 17.5 Å². The summed E-state index contributed by atoms with van der Waals surface area (Å²) < 4.78 is 5.24. The van der Waals surface area contributed by atoms with Crippen LogP contribution in [-0.2, 0) is 16.0 Å². The van der Waals surface area contributed by atoms with Gasteiger partial charge in [0.1, 0.15) is 12.2 Å². The Kier molecular flexibility index (Phi) is 2.92. The molecule has 1 aromatic rings. The van der Waals surface area contributed by atoms with Crippen LogP contribution in [0.4, 0.5) is 10.5 Å². The molecule has 1 amide bonds. The molecule has 0 saturated carbocycles. The van der Waals surface area contributed by atoms with Crippen molar-refractivity contribution in [1.29, 1.82) is 0 Å². The maximum absolute atomic E-state index is 11.7. The van der Waals surface area contributed by atoms with Gasteiger partial charge in [0.25, 0.3) is 0 Å². The summed E-state index contributed by atoms with van der Waals surface area (Å²) in [5.74, 6) is 0.363. The second-order valence-corrected chi connectivity index (χ2v) is 6.17. The van der Waals surface area contributed by atoms with Crippen LogP contribution in [-0.4, -0.2) is 24.0 Å². The third-order valence-corrected chi connectivity index (χ3v) is 3.32. The number of carbonyl (C=O) groups excluding carboxylic acids is 1. The number of amides is 1. The van der Waals surface area contributed by atoms with Crippen LogP contribution in [0.2, 0.25) is 0 Å². The number of anilines is 1. The molecule has 0 bridgehead atoms. The lowest BCUT2D eigenvalue weighted by atomic mass is 10.1. The van der Waals surface area contributed by atoms with E-state index in [0.717, 1.165) is 23.4 Å². The van der Waals surface area contributed by atoms with Gasteiger partial charge in [-0.15, -0.1) is 0 Å². The number of hydrogen-bond acceptors (Lipinski definition) is 4. The highest BCUT2D eigenvalue weighted by molar-refractivity contribution is 6.07. The molecular formula is C15H18N2O3. The van der Waals surface area contributed by atoms with Crippen LogP contribution in [0.15, 0.2) is 23.4 Å². The molecule has 0 fully saturated rings. The molecule has 1 aromatic carbocycles. The second-order valence-electron chi connectivity index (χ2n) is 6.17. The molecule has 0 radical (unpaired) electrons. The third-order valence-electron chi connectivity index (χ3n) is 3.32. The summed E-state index contributed by atoms with van der Waals surface area (Å²) in [6.45, 7) is 6.18. The summed E-state index contributed by atoms with van der Waals surface area (Å²) in [5, 5.41) is 6.84. The largest absolute Gasteiger partial charge is 0.444 e. The standard InChI is InChI=1S/C15H18N2O3/c1-15(2,3)20-14(18)16-11-4-5-12-9(7-11)6-10-8-19-17-13(10)12/h4-5,7,10H,6,8H2,1-3H3,(H,16,18). The van der Waals surface area contributed by atoms with Crippen molar-refractivity contribution in [3.8, 4) is 0 Å². The molecule has 5 nitrogen and oxygen atoms in total. The van der Waals surface area contributed by atoms with Gasteiger partial charge < -0.3 is 9.57 Å². The summed E-state index contributed by atoms with van der Waals surface area (Å²) in [7, 11) is 0. The van der Waals surface area contributed by atoms with Crippen LogP contribution >= 0.6 is 0 Å². The Labute approximate surface area is 117 Å². The van der Waals surface area contributed by atoms with E-state index in [0.29, 0.717) is 12.5 Å². The van der Waals surface area contributed by atoms with Crippen LogP contribution in [0.25, 0.3) is 0 Å². The molecule has 3 rings (SSSR count). The topological polar surface area (TPSA) is 59.9 Å². The van der Waals surface area contributed by atoms with E-state index in [1.165, 1.54) is 5.56 Å². The minimum absolute atomic E-state index is 0.363. The first-order chi connectivity index (χ1) is 9.42. The summed E-state index contributed by atoms with van der Waals surface area (Å²) in [4.78, 5) is 16.9. The van der Waals surface area contributed by atoms with Gasteiger partial charge in [-0.05, 0) is 44.9 Å². The second kappa shape index (κ2) is 4.51. The molecule has 5 heteroatoms. The number of nitrogens with zero attached hydrogens (tertiary/aromatic N) is 1. The summed E-state index contributed by atoms with van der Waals surface area (Å²) in [5.41, 5.74) is 3.61. The van der Waals surface area contributed by atoms with Crippen LogP contribution in [0.1, 0.15) is 31.9 Å². The Morgan fingerprint density at radius 3 is 3.00 bits per heavy atom. The lowest BCUT2D eigenvalue weighted by molar-refractivity contribution is 0.0636. The minimum Gasteiger partial charge on any atom is -0.444 e. The normalized spacial score (nSPS) is 19.8. The summed E-state index contributed by atoms with van der Waals surface area (Å²) in [6, 6.07) is 5.83. The van der Waals surface area contributed by atoms with Crippen molar-refractivity contribution in [2.24, 2.45) is 11.1 Å². The smallest absolute Gasteiger partial charge is 0.412 e. The van der Waals surface area contributed by atoms with Gasteiger partial charge in [0.15, 0.2) is 0 Å². The van der Waals surface area contributed by atoms with Gasteiger partial charge >= 0.3 is 6.09 Å². The van der Waals surface area contributed by atoms with Crippen molar-refractivity contribution in [3.63, 3.8) is 0 Å². The molecule has 1 aliphatic carbocycles. The van der Waals surface area contributed by atoms with E-state index in [2.05, 4.69) is 10.5 Å². The maximum atomic E-state index is 11.7. The van der Waals surface area contributed by atoms with E-state index >= 15 is 0 Å². The van der Waals surface area contributed by atoms with E-state index in [4.69, 9.17) is 9.57 Å². The Morgan fingerprint density at radius 2 is 2.25 bits per heavy atom. The first-order valence-electron chi connectivity index (χ1n) is 6.75. The number of carbonyl (C=O) groups is 1. The monoisotopic (exact) mass is 274 g/mol. The molecule has 1 atom stereocenters. The molecule has 0 aromatic heterocycles. The number of oxime groups is 1. The molecule has 1 heterocycles. The van der Waals surface area contributed by atoms with Crippen molar-refractivity contribution in [1.82, 2.24) is 0 Å². The number of rotatable bonds is 1. The molecular weight excluding hydrogens is 256 g/mol. The molecule has 20 heavy (non-hydrogen) atoms. The van der Waals surface area contributed by atoms with Gasteiger partial charge in [-0.3, -0.25) is 5.32 Å². The maximum Gasteiger partial charge on any atom is 0.412 e. The van der Waals surface area contributed by atoms with Crippen molar-refractivity contribution in [2.45, 2.75) is 32.8 Å². The number of fused-ring (bicyclic) bond motifs is 3. The van der Waals surface area contributed by atoms with Crippen LogP contribution in [0.3, 0.4) is 0 Å². The predicted molar refractivity (Wildman–Crippen MR) is 76.0 cm³/mol. The van der Waals surface area contributed by atoms with E-state index < -0.39 is 11.7 Å². The predicted octanol–water partition coefficient (Wildman–Crippen LogP) is 2.94. The zero-order chi connectivity index (χ0) is 14.3. The highest BCUT2D eigenvalue weighted by atomic mass is 16.6. The quantitative estimate of drug-likeness (QED) is 0.856. The Morgan fingerprint density at radius 1 is 1.45 bits per heavy atom. The Hall–Kier alpha value is -2.04. The minimum atomic E-state index is -0.496. The third kappa shape index (κ3) is 2.48. The van der Waals surface area contributed by atoms with Gasteiger partial charge in [0, 0.05) is 17.2 Å². The molecule has 106 valence electrons. The highest BCUT2D eigenvalue weighted by Crippen LogP contribution is 2.32. The fourth-order valence-corrected chi connectivity index (χ4v) is 2.55. The molecule has 1 N–H and O–H groups in total. The number of nitrogens with one attached hydrogen (secondary N) is 1. The fourth-order valence-electron chi connectivity index (χ4n) is 2.55. The lowest BCUT2D eigenvalue weighted by Crippen LogP contribution is -2.27. The first-order valence-corrected chi connectivity index (χ1v) is 6.75. The van der Waals surface area contributed by atoms with Crippen LogP contribution in [0.5, 0.6) is 0 Å². The summed E-state index contributed by atoms with van der Waals surface area (Å²) in [6.07, 6.45) is 0.481. The molecule has 0 spiro atoms. The number of ether oxygens (including phenoxy) is 1. The molecule has 1 unspecified atom stereocenters. The Balaban J connectivity index is 1.75. The van der Waals surface area contributed by atoms with E-state index in [9.17, 15) is 4.79 Å². The van der Waals surface area contributed by atoms with E-state index in [1.54, 1.807) is 0 Å². The SMILES string of the molecule is CC(C)(C)OC(=O)Nc1ccc2c(c1)CC1CON=C21.